The highest BCUT2D eigenvalue weighted by molar-refractivity contribution is 7.89. The van der Waals surface area contributed by atoms with Crippen molar-refractivity contribution in [1.82, 2.24) is 24.0 Å². The van der Waals surface area contributed by atoms with E-state index in [1.807, 2.05) is 13.8 Å². The van der Waals surface area contributed by atoms with E-state index in [1.165, 1.54) is 22.0 Å². The predicted molar refractivity (Wildman–Crippen MR) is 98.4 cm³/mol. The van der Waals surface area contributed by atoms with E-state index in [9.17, 15) is 13.2 Å². The molecule has 1 saturated heterocycles. The van der Waals surface area contributed by atoms with Gasteiger partial charge in [-0.3, -0.25) is 9.48 Å². The fraction of sp³-hybridized carbons (Fsp3) is 0.562. The summed E-state index contributed by atoms with van der Waals surface area (Å²) in [5.41, 5.74) is 0. The van der Waals surface area contributed by atoms with Crippen molar-refractivity contribution in [2.75, 3.05) is 26.2 Å². The predicted octanol–water partition coefficient (Wildman–Crippen LogP) is 1.27. The number of carbonyl (C=O) groups excluding carboxylic acids is 1. The molecule has 0 N–H and O–H groups in total. The van der Waals surface area contributed by atoms with Crippen LogP contribution in [0.4, 0.5) is 0 Å². The fourth-order valence-electron chi connectivity index (χ4n) is 3.08. The minimum absolute atomic E-state index is 0.0599. The maximum atomic E-state index is 12.8. The quantitative estimate of drug-likeness (QED) is 0.732. The number of aromatic nitrogens is 3. The molecule has 8 nitrogen and oxygen atoms in total. The third-order valence-electron chi connectivity index (χ3n) is 4.45. The summed E-state index contributed by atoms with van der Waals surface area (Å²) in [5.74, 6) is 0.0599. The summed E-state index contributed by atoms with van der Waals surface area (Å²) in [5, 5.41) is 4.01. The first-order valence-corrected chi connectivity index (χ1v) is 10.8. The number of rotatable bonds is 6. The standard InChI is InChI=1S/C16H23N5O3S2/c1-13-10-15(14(2)25-13)26(23,24)21-8-6-19(7-9-21)16(22)4-3-5-20-12-17-11-18-20/h10-12H,3-9H2,1-2H3. The van der Waals surface area contributed by atoms with Crippen molar-refractivity contribution < 1.29 is 13.2 Å². The van der Waals surface area contributed by atoms with Gasteiger partial charge < -0.3 is 4.90 Å². The van der Waals surface area contributed by atoms with Crippen LogP contribution in [0.3, 0.4) is 0 Å². The van der Waals surface area contributed by atoms with Gasteiger partial charge in [0.2, 0.25) is 15.9 Å². The number of nitrogens with zero attached hydrogens (tertiary/aromatic N) is 5. The lowest BCUT2D eigenvalue weighted by Gasteiger charge is -2.34. The van der Waals surface area contributed by atoms with E-state index in [0.29, 0.717) is 50.5 Å². The van der Waals surface area contributed by atoms with Gasteiger partial charge in [0, 0.05) is 48.9 Å². The number of sulfonamides is 1. The fourth-order valence-corrected chi connectivity index (χ4v) is 6.03. The first kappa shape index (κ1) is 19.0. The molecule has 1 fully saturated rings. The average Bonchev–Trinajstić information content (AvgIpc) is 3.24. The summed E-state index contributed by atoms with van der Waals surface area (Å²) in [6.45, 7) is 5.94. The van der Waals surface area contributed by atoms with E-state index < -0.39 is 10.0 Å². The maximum absolute atomic E-state index is 12.8. The van der Waals surface area contributed by atoms with Crippen LogP contribution >= 0.6 is 11.3 Å². The highest BCUT2D eigenvalue weighted by atomic mass is 32.2. The van der Waals surface area contributed by atoms with E-state index in [-0.39, 0.29) is 5.91 Å². The molecule has 0 radical (unpaired) electrons. The van der Waals surface area contributed by atoms with Gasteiger partial charge in [0.1, 0.15) is 12.7 Å². The van der Waals surface area contributed by atoms with Crippen molar-refractivity contribution >= 4 is 27.3 Å². The van der Waals surface area contributed by atoms with Crippen molar-refractivity contribution in [2.45, 2.75) is 38.1 Å². The molecule has 0 atom stereocenters. The summed E-state index contributed by atoms with van der Waals surface area (Å²) in [4.78, 5) is 20.1. The van der Waals surface area contributed by atoms with Crippen LogP contribution in [0.2, 0.25) is 0 Å². The van der Waals surface area contributed by atoms with Gasteiger partial charge >= 0.3 is 0 Å². The number of thiophene rings is 1. The van der Waals surface area contributed by atoms with Crippen LogP contribution < -0.4 is 0 Å². The second kappa shape index (κ2) is 7.85. The number of hydrogen-bond donors (Lipinski definition) is 0. The highest BCUT2D eigenvalue weighted by Crippen LogP contribution is 2.28. The minimum atomic E-state index is -3.48. The topological polar surface area (TPSA) is 88.4 Å². The summed E-state index contributed by atoms with van der Waals surface area (Å²) in [6.07, 6.45) is 4.21. The molecule has 0 bridgehead atoms. The third kappa shape index (κ3) is 4.13. The number of hydrogen-bond acceptors (Lipinski definition) is 6. The Balaban J connectivity index is 1.52. The van der Waals surface area contributed by atoms with E-state index in [4.69, 9.17) is 0 Å². The smallest absolute Gasteiger partial charge is 0.244 e. The van der Waals surface area contributed by atoms with Crippen LogP contribution in [-0.4, -0.2) is 64.5 Å². The number of piperazine rings is 1. The molecule has 142 valence electrons. The number of aryl methyl sites for hydroxylation is 3. The Hall–Kier alpha value is -1.78. The maximum Gasteiger partial charge on any atom is 0.244 e. The summed E-state index contributed by atoms with van der Waals surface area (Å²) < 4.78 is 28.8. The molecule has 3 rings (SSSR count). The second-order valence-electron chi connectivity index (χ2n) is 6.32. The van der Waals surface area contributed by atoms with Gasteiger partial charge in [-0.05, 0) is 26.3 Å². The van der Waals surface area contributed by atoms with Crippen molar-refractivity contribution in [3.05, 3.63) is 28.5 Å². The third-order valence-corrected chi connectivity index (χ3v) is 7.57. The molecule has 10 heteroatoms. The van der Waals surface area contributed by atoms with Gasteiger partial charge in [-0.2, -0.15) is 9.40 Å². The molecule has 26 heavy (non-hydrogen) atoms. The van der Waals surface area contributed by atoms with Gasteiger partial charge in [0.05, 0.1) is 4.90 Å². The van der Waals surface area contributed by atoms with E-state index >= 15 is 0 Å². The van der Waals surface area contributed by atoms with Gasteiger partial charge in [0.15, 0.2) is 0 Å². The molecule has 1 aliphatic rings. The normalized spacial score (nSPS) is 16.2. The van der Waals surface area contributed by atoms with Gasteiger partial charge in [-0.15, -0.1) is 11.3 Å². The molecule has 0 spiro atoms. The Morgan fingerprint density at radius 3 is 2.54 bits per heavy atom. The van der Waals surface area contributed by atoms with E-state index in [0.717, 1.165) is 9.75 Å². The van der Waals surface area contributed by atoms with Crippen LogP contribution in [0.25, 0.3) is 0 Å². The lowest BCUT2D eigenvalue weighted by Crippen LogP contribution is -2.50. The molecular formula is C16H23N5O3S2. The molecule has 0 aromatic carbocycles. The average molecular weight is 398 g/mol. The van der Waals surface area contributed by atoms with Crippen LogP contribution in [0, 0.1) is 13.8 Å². The zero-order chi connectivity index (χ0) is 18.7. The molecular weight excluding hydrogens is 374 g/mol. The van der Waals surface area contributed by atoms with Crippen molar-refractivity contribution in [3.63, 3.8) is 0 Å². The van der Waals surface area contributed by atoms with Crippen LogP contribution in [-0.2, 0) is 21.4 Å². The van der Waals surface area contributed by atoms with Gasteiger partial charge in [-0.1, -0.05) is 0 Å². The van der Waals surface area contributed by atoms with Gasteiger partial charge in [0.25, 0.3) is 0 Å². The molecule has 0 aliphatic carbocycles. The van der Waals surface area contributed by atoms with Crippen LogP contribution in [0.15, 0.2) is 23.6 Å². The van der Waals surface area contributed by atoms with Crippen molar-refractivity contribution in [3.8, 4) is 0 Å². The molecule has 2 aromatic heterocycles. The molecule has 2 aromatic rings. The SMILES string of the molecule is Cc1cc(S(=O)(=O)N2CCN(C(=O)CCCn3cncn3)CC2)c(C)s1. The molecule has 1 aliphatic heterocycles. The Labute approximate surface area is 157 Å². The Morgan fingerprint density at radius 1 is 1.23 bits per heavy atom. The van der Waals surface area contributed by atoms with E-state index in [2.05, 4.69) is 10.1 Å². The molecule has 1 amide bonds. The minimum Gasteiger partial charge on any atom is -0.340 e. The summed E-state index contributed by atoms with van der Waals surface area (Å²) in [7, 11) is -3.48. The zero-order valence-corrected chi connectivity index (χ0v) is 16.6. The monoisotopic (exact) mass is 397 g/mol. The Kier molecular flexibility index (Phi) is 5.73. The highest BCUT2D eigenvalue weighted by Gasteiger charge is 2.31. The molecule has 0 unspecified atom stereocenters. The van der Waals surface area contributed by atoms with Crippen LogP contribution in [0.5, 0.6) is 0 Å². The first-order chi connectivity index (χ1) is 12.4. The number of carbonyl (C=O) groups is 1. The molecule has 3 heterocycles. The number of amides is 1. The first-order valence-electron chi connectivity index (χ1n) is 8.55. The largest absolute Gasteiger partial charge is 0.340 e. The Morgan fingerprint density at radius 2 is 1.96 bits per heavy atom. The lowest BCUT2D eigenvalue weighted by atomic mass is 10.2. The zero-order valence-electron chi connectivity index (χ0n) is 15.0. The van der Waals surface area contributed by atoms with Gasteiger partial charge in [-0.25, -0.2) is 13.4 Å². The van der Waals surface area contributed by atoms with Crippen LogP contribution in [0.1, 0.15) is 22.6 Å². The molecule has 0 saturated carbocycles. The van der Waals surface area contributed by atoms with Crippen molar-refractivity contribution in [2.24, 2.45) is 0 Å². The van der Waals surface area contributed by atoms with E-state index in [1.54, 1.807) is 22.0 Å². The van der Waals surface area contributed by atoms with Crippen molar-refractivity contribution in [1.29, 1.82) is 0 Å². The Bertz CT molecular complexity index is 853. The second-order valence-corrected chi connectivity index (χ2v) is 9.69. The summed E-state index contributed by atoms with van der Waals surface area (Å²) >= 11 is 1.49. The lowest BCUT2D eigenvalue weighted by molar-refractivity contribution is -0.132. The summed E-state index contributed by atoms with van der Waals surface area (Å²) in [6, 6.07) is 1.73.